The van der Waals surface area contributed by atoms with E-state index in [1.165, 1.54) is 0 Å². The van der Waals surface area contributed by atoms with Gasteiger partial charge in [0, 0.05) is 23.3 Å². The minimum Gasteiger partial charge on any atom is -0.336 e. The first-order valence-corrected chi connectivity index (χ1v) is 8.04. The van der Waals surface area contributed by atoms with Crippen molar-refractivity contribution >= 4 is 33.4 Å². The number of hydrogen-bond donors (Lipinski definition) is 0. The highest BCUT2D eigenvalue weighted by atomic mass is 79.9. The summed E-state index contributed by atoms with van der Waals surface area (Å²) in [6.45, 7) is 4.95. The first-order valence-electron chi connectivity index (χ1n) is 6.71. The zero-order chi connectivity index (χ0) is 14.3. The molecule has 1 rings (SSSR count). The van der Waals surface area contributed by atoms with Gasteiger partial charge in [0.05, 0.1) is 6.04 Å². The minimum absolute atomic E-state index is 0.0818. The summed E-state index contributed by atoms with van der Waals surface area (Å²) < 4.78 is 1.05. The normalized spacial score (nSPS) is 12.2. The molecule has 0 aliphatic carbocycles. The molecule has 0 saturated heterocycles. The molecular formula is C15H21BrClNO. The number of rotatable bonds is 7. The summed E-state index contributed by atoms with van der Waals surface area (Å²) in [5, 5.41) is 0. The van der Waals surface area contributed by atoms with Gasteiger partial charge in [-0.3, -0.25) is 4.79 Å². The Morgan fingerprint density at radius 2 is 2.11 bits per heavy atom. The van der Waals surface area contributed by atoms with Gasteiger partial charge in [-0.25, -0.2) is 0 Å². The smallest absolute Gasteiger partial charge is 0.223 e. The Bertz CT molecular complexity index is 411. The van der Waals surface area contributed by atoms with Crippen LogP contribution in [-0.2, 0) is 4.79 Å². The van der Waals surface area contributed by atoms with Crippen LogP contribution in [0.2, 0.25) is 0 Å². The Balaban J connectivity index is 2.86. The number of benzene rings is 1. The molecule has 0 bridgehead atoms. The van der Waals surface area contributed by atoms with Gasteiger partial charge < -0.3 is 4.90 Å². The highest BCUT2D eigenvalue weighted by Gasteiger charge is 2.21. The molecule has 1 aromatic rings. The quantitative estimate of drug-likeness (QED) is 0.651. The molecule has 0 aliphatic heterocycles. The van der Waals surface area contributed by atoms with Crippen molar-refractivity contribution in [3.05, 3.63) is 34.3 Å². The van der Waals surface area contributed by atoms with Crippen molar-refractivity contribution < 1.29 is 4.79 Å². The summed E-state index contributed by atoms with van der Waals surface area (Å²) in [7, 11) is 0. The van der Waals surface area contributed by atoms with E-state index in [1.807, 2.05) is 23.1 Å². The zero-order valence-electron chi connectivity index (χ0n) is 11.5. The highest BCUT2D eigenvalue weighted by Crippen LogP contribution is 2.28. The van der Waals surface area contributed by atoms with Crippen molar-refractivity contribution in [2.45, 2.75) is 39.2 Å². The second-order valence-electron chi connectivity index (χ2n) is 4.58. The molecule has 1 amide bonds. The highest BCUT2D eigenvalue weighted by molar-refractivity contribution is 9.10. The van der Waals surface area contributed by atoms with Gasteiger partial charge in [0.2, 0.25) is 5.91 Å². The lowest BCUT2D eigenvalue weighted by Crippen LogP contribution is -2.34. The maximum absolute atomic E-state index is 12.3. The van der Waals surface area contributed by atoms with Crippen molar-refractivity contribution in [3.8, 4) is 0 Å². The molecule has 0 fully saturated rings. The summed E-state index contributed by atoms with van der Waals surface area (Å²) in [5.74, 6) is 0.723. The summed E-state index contributed by atoms with van der Waals surface area (Å²) in [6, 6.07) is 8.15. The second-order valence-corrected chi connectivity index (χ2v) is 5.81. The number of alkyl halides is 1. The van der Waals surface area contributed by atoms with Crippen LogP contribution >= 0.6 is 27.5 Å². The Hall–Kier alpha value is -0.540. The second kappa shape index (κ2) is 8.60. The van der Waals surface area contributed by atoms with Crippen LogP contribution in [0.4, 0.5) is 0 Å². The molecule has 0 heterocycles. The Morgan fingerprint density at radius 3 is 2.68 bits per heavy atom. The summed E-state index contributed by atoms with van der Waals surface area (Å²) in [4.78, 5) is 14.2. The Labute approximate surface area is 129 Å². The van der Waals surface area contributed by atoms with Crippen LogP contribution in [-0.4, -0.2) is 23.2 Å². The Kier molecular flexibility index (Phi) is 7.47. The molecule has 19 heavy (non-hydrogen) atoms. The van der Waals surface area contributed by atoms with Gasteiger partial charge in [0.1, 0.15) is 0 Å². The van der Waals surface area contributed by atoms with Gasteiger partial charge in [-0.15, -0.1) is 11.6 Å². The summed E-state index contributed by atoms with van der Waals surface area (Å²) in [6.07, 6.45) is 2.23. The SMILES string of the molecule is CCCN(C(=O)CCCCl)C(C)c1ccccc1Br. The molecule has 1 aromatic carbocycles. The molecule has 0 aliphatic rings. The molecule has 0 saturated carbocycles. The van der Waals surface area contributed by atoms with E-state index in [0.717, 1.165) is 29.4 Å². The number of carbonyl (C=O) groups is 1. The van der Waals surface area contributed by atoms with E-state index in [9.17, 15) is 4.79 Å². The van der Waals surface area contributed by atoms with Gasteiger partial charge in [-0.2, -0.15) is 0 Å². The lowest BCUT2D eigenvalue weighted by atomic mass is 10.1. The molecule has 0 N–H and O–H groups in total. The molecule has 0 spiro atoms. The maximum atomic E-state index is 12.3. The Morgan fingerprint density at radius 1 is 1.42 bits per heavy atom. The van der Waals surface area contributed by atoms with Crippen LogP contribution in [0.15, 0.2) is 28.7 Å². The lowest BCUT2D eigenvalue weighted by Gasteiger charge is -2.30. The predicted molar refractivity (Wildman–Crippen MR) is 84.5 cm³/mol. The van der Waals surface area contributed by atoms with Crippen LogP contribution < -0.4 is 0 Å². The van der Waals surface area contributed by atoms with Crippen LogP contribution in [0.3, 0.4) is 0 Å². The van der Waals surface area contributed by atoms with Crippen LogP contribution in [0.1, 0.15) is 44.7 Å². The fourth-order valence-corrected chi connectivity index (χ4v) is 2.87. The standard InChI is InChI=1S/C15H21BrClNO/c1-3-11-18(15(19)9-6-10-17)12(2)13-7-4-5-8-14(13)16/h4-5,7-8,12H,3,6,9-11H2,1-2H3. The third-order valence-electron chi connectivity index (χ3n) is 3.13. The fraction of sp³-hybridized carbons (Fsp3) is 0.533. The topological polar surface area (TPSA) is 20.3 Å². The number of amides is 1. The third kappa shape index (κ3) is 4.81. The average Bonchev–Trinajstić information content (AvgIpc) is 2.42. The largest absolute Gasteiger partial charge is 0.336 e. The van der Waals surface area contributed by atoms with Crippen molar-refractivity contribution in [1.82, 2.24) is 4.90 Å². The number of nitrogens with zero attached hydrogens (tertiary/aromatic N) is 1. The summed E-state index contributed by atoms with van der Waals surface area (Å²) >= 11 is 9.23. The van der Waals surface area contributed by atoms with Gasteiger partial charge in [0.15, 0.2) is 0 Å². The minimum atomic E-state index is 0.0818. The van der Waals surface area contributed by atoms with Crippen molar-refractivity contribution in [2.75, 3.05) is 12.4 Å². The molecule has 4 heteroatoms. The van der Waals surface area contributed by atoms with E-state index in [0.29, 0.717) is 12.3 Å². The van der Waals surface area contributed by atoms with Crippen molar-refractivity contribution in [1.29, 1.82) is 0 Å². The predicted octanol–water partition coefficient (Wildman–Crippen LogP) is 4.77. The monoisotopic (exact) mass is 345 g/mol. The maximum Gasteiger partial charge on any atom is 0.223 e. The van der Waals surface area contributed by atoms with E-state index in [1.54, 1.807) is 0 Å². The van der Waals surface area contributed by atoms with Gasteiger partial charge in [0.25, 0.3) is 0 Å². The van der Waals surface area contributed by atoms with E-state index < -0.39 is 0 Å². The first-order chi connectivity index (χ1) is 9.11. The molecule has 2 nitrogen and oxygen atoms in total. The van der Waals surface area contributed by atoms with Crippen LogP contribution in [0.5, 0.6) is 0 Å². The van der Waals surface area contributed by atoms with E-state index in [-0.39, 0.29) is 11.9 Å². The van der Waals surface area contributed by atoms with Gasteiger partial charge in [-0.1, -0.05) is 41.1 Å². The number of hydrogen-bond acceptors (Lipinski definition) is 1. The molecule has 0 aromatic heterocycles. The van der Waals surface area contributed by atoms with E-state index >= 15 is 0 Å². The average molecular weight is 347 g/mol. The van der Waals surface area contributed by atoms with Gasteiger partial charge in [-0.05, 0) is 31.4 Å². The third-order valence-corrected chi connectivity index (χ3v) is 4.12. The molecular weight excluding hydrogens is 326 g/mol. The zero-order valence-corrected chi connectivity index (χ0v) is 13.9. The van der Waals surface area contributed by atoms with Crippen molar-refractivity contribution in [3.63, 3.8) is 0 Å². The molecule has 0 radical (unpaired) electrons. The molecule has 106 valence electrons. The number of carbonyl (C=O) groups excluding carboxylic acids is 1. The number of halogens is 2. The summed E-state index contributed by atoms with van der Waals surface area (Å²) in [5.41, 5.74) is 1.15. The van der Waals surface area contributed by atoms with Gasteiger partial charge >= 0.3 is 0 Å². The lowest BCUT2D eigenvalue weighted by molar-refractivity contribution is -0.133. The van der Waals surface area contributed by atoms with E-state index in [4.69, 9.17) is 11.6 Å². The van der Waals surface area contributed by atoms with Crippen molar-refractivity contribution in [2.24, 2.45) is 0 Å². The van der Waals surface area contributed by atoms with E-state index in [2.05, 4.69) is 35.8 Å². The molecule has 1 unspecified atom stereocenters. The molecule has 1 atom stereocenters. The van der Waals surface area contributed by atoms with Crippen LogP contribution in [0.25, 0.3) is 0 Å². The fourth-order valence-electron chi connectivity index (χ4n) is 2.12. The first kappa shape index (κ1) is 16.5. The van der Waals surface area contributed by atoms with Crippen LogP contribution in [0, 0.1) is 0 Å².